The summed E-state index contributed by atoms with van der Waals surface area (Å²) in [6.07, 6.45) is 1.03. The number of rotatable bonds is 9. The molecular formula is C13H23N3O2. The number of nitrogens with zero attached hydrogens (tertiary/aromatic N) is 2. The van der Waals surface area contributed by atoms with Crippen LogP contribution in [-0.4, -0.2) is 36.3 Å². The zero-order chi connectivity index (χ0) is 13.2. The molecule has 102 valence electrons. The maximum Gasteiger partial charge on any atom is 0.156 e. The van der Waals surface area contributed by atoms with Crippen LogP contribution in [0.25, 0.3) is 0 Å². The van der Waals surface area contributed by atoms with Crippen LogP contribution in [0.3, 0.4) is 0 Å². The lowest BCUT2D eigenvalue weighted by molar-refractivity contribution is 0.0385. The molecule has 0 fully saturated rings. The standard InChI is InChI=1S/C13H23N3O2/c1-4-6-17-7-8-18-10-13-15-11(3)9-12(16-13)14-5-2/h9H,4-8,10H2,1-3H3,(H,14,15,16). The zero-order valence-electron chi connectivity index (χ0n) is 11.5. The van der Waals surface area contributed by atoms with Crippen molar-refractivity contribution in [2.75, 3.05) is 31.7 Å². The number of aromatic nitrogens is 2. The van der Waals surface area contributed by atoms with Crippen LogP contribution in [0.1, 0.15) is 31.8 Å². The highest BCUT2D eigenvalue weighted by atomic mass is 16.5. The summed E-state index contributed by atoms with van der Waals surface area (Å²) in [5, 5.41) is 3.18. The molecule has 0 aliphatic carbocycles. The number of ether oxygens (including phenoxy) is 2. The Labute approximate surface area is 109 Å². The maximum atomic E-state index is 5.48. The summed E-state index contributed by atoms with van der Waals surface area (Å²) < 4.78 is 10.8. The van der Waals surface area contributed by atoms with Gasteiger partial charge in [-0.15, -0.1) is 0 Å². The van der Waals surface area contributed by atoms with E-state index in [1.807, 2.05) is 19.9 Å². The van der Waals surface area contributed by atoms with Crippen LogP contribution in [0, 0.1) is 6.92 Å². The van der Waals surface area contributed by atoms with Gasteiger partial charge in [0.15, 0.2) is 5.82 Å². The topological polar surface area (TPSA) is 56.3 Å². The summed E-state index contributed by atoms with van der Waals surface area (Å²) in [5.41, 5.74) is 0.946. The van der Waals surface area contributed by atoms with E-state index < -0.39 is 0 Å². The van der Waals surface area contributed by atoms with Crippen LogP contribution in [0.4, 0.5) is 5.82 Å². The van der Waals surface area contributed by atoms with Gasteiger partial charge < -0.3 is 14.8 Å². The van der Waals surface area contributed by atoms with Crippen LogP contribution in [-0.2, 0) is 16.1 Å². The first-order chi connectivity index (χ1) is 8.76. The molecular weight excluding hydrogens is 230 g/mol. The Balaban J connectivity index is 2.32. The molecule has 1 N–H and O–H groups in total. The molecule has 0 radical (unpaired) electrons. The SMILES string of the molecule is CCCOCCOCc1nc(C)cc(NCC)n1. The van der Waals surface area contributed by atoms with Gasteiger partial charge in [0, 0.05) is 24.9 Å². The molecule has 0 saturated carbocycles. The number of nitrogens with one attached hydrogen (secondary N) is 1. The zero-order valence-corrected chi connectivity index (χ0v) is 11.5. The summed E-state index contributed by atoms with van der Waals surface area (Å²) in [6, 6.07) is 1.93. The van der Waals surface area contributed by atoms with Gasteiger partial charge in [-0.2, -0.15) is 0 Å². The van der Waals surface area contributed by atoms with Gasteiger partial charge in [0.25, 0.3) is 0 Å². The molecule has 18 heavy (non-hydrogen) atoms. The van der Waals surface area contributed by atoms with E-state index in [1.165, 1.54) is 0 Å². The quantitative estimate of drug-likeness (QED) is 0.683. The van der Waals surface area contributed by atoms with Crippen molar-refractivity contribution in [3.63, 3.8) is 0 Å². The lowest BCUT2D eigenvalue weighted by atomic mass is 10.4. The van der Waals surface area contributed by atoms with E-state index in [-0.39, 0.29) is 0 Å². The van der Waals surface area contributed by atoms with Crippen molar-refractivity contribution >= 4 is 5.82 Å². The summed E-state index contributed by atoms with van der Waals surface area (Å²) in [5.74, 6) is 1.56. The van der Waals surface area contributed by atoms with E-state index >= 15 is 0 Å². The van der Waals surface area contributed by atoms with Gasteiger partial charge >= 0.3 is 0 Å². The molecule has 1 rings (SSSR count). The van der Waals surface area contributed by atoms with Crippen LogP contribution in [0.5, 0.6) is 0 Å². The molecule has 1 aromatic heterocycles. The second kappa shape index (κ2) is 8.83. The highest BCUT2D eigenvalue weighted by Gasteiger charge is 2.01. The monoisotopic (exact) mass is 253 g/mol. The lowest BCUT2D eigenvalue weighted by Crippen LogP contribution is -2.09. The van der Waals surface area contributed by atoms with Crippen molar-refractivity contribution in [3.8, 4) is 0 Å². The average molecular weight is 253 g/mol. The molecule has 0 bridgehead atoms. The second-order valence-electron chi connectivity index (χ2n) is 4.01. The van der Waals surface area contributed by atoms with Crippen molar-refractivity contribution in [3.05, 3.63) is 17.6 Å². The predicted molar refractivity (Wildman–Crippen MR) is 71.7 cm³/mol. The molecule has 5 nitrogen and oxygen atoms in total. The Bertz CT molecular complexity index is 345. The fourth-order valence-corrected chi connectivity index (χ4v) is 1.49. The lowest BCUT2D eigenvalue weighted by Gasteiger charge is -2.07. The van der Waals surface area contributed by atoms with Crippen molar-refractivity contribution in [2.45, 2.75) is 33.8 Å². The van der Waals surface area contributed by atoms with E-state index in [0.717, 1.165) is 31.1 Å². The first-order valence-corrected chi connectivity index (χ1v) is 6.50. The molecule has 0 aromatic carbocycles. The Morgan fingerprint density at radius 1 is 1.11 bits per heavy atom. The number of anilines is 1. The summed E-state index contributed by atoms with van der Waals surface area (Å²) in [7, 11) is 0. The third-order valence-corrected chi connectivity index (χ3v) is 2.21. The largest absolute Gasteiger partial charge is 0.379 e. The van der Waals surface area contributed by atoms with Crippen LogP contribution >= 0.6 is 0 Å². The van der Waals surface area contributed by atoms with Crippen molar-refractivity contribution in [1.29, 1.82) is 0 Å². The van der Waals surface area contributed by atoms with Gasteiger partial charge in [0.05, 0.1) is 13.2 Å². The molecule has 0 amide bonds. The van der Waals surface area contributed by atoms with E-state index in [4.69, 9.17) is 9.47 Å². The van der Waals surface area contributed by atoms with Gasteiger partial charge in [-0.3, -0.25) is 0 Å². The maximum absolute atomic E-state index is 5.48. The Hall–Kier alpha value is -1.20. The summed E-state index contributed by atoms with van der Waals surface area (Å²) in [6.45, 7) is 9.35. The normalized spacial score (nSPS) is 10.6. The first kappa shape index (κ1) is 14.9. The molecule has 0 unspecified atom stereocenters. The average Bonchev–Trinajstić information content (AvgIpc) is 2.33. The number of hydrogen-bond acceptors (Lipinski definition) is 5. The Morgan fingerprint density at radius 2 is 1.89 bits per heavy atom. The minimum absolute atomic E-state index is 0.426. The Morgan fingerprint density at radius 3 is 2.61 bits per heavy atom. The van der Waals surface area contributed by atoms with Gasteiger partial charge in [-0.25, -0.2) is 9.97 Å². The van der Waals surface area contributed by atoms with Gasteiger partial charge in [0.1, 0.15) is 12.4 Å². The molecule has 0 saturated heterocycles. The van der Waals surface area contributed by atoms with Crippen LogP contribution in [0.15, 0.2) is 6.07 Å². The molecule has 0 aliphatic rings. The highest BCUT2D eigenvalue weighted by molar-refractivity contribution is 5.35. The Kier molecular flexibility index (Phi) is 7.29. The van der Waals surface area contributed by atoms with Crippen molar-refractivity contribution < 1.29 is 9.47 Å². The smallest absolute Gasteiger partial charge is 0.156 e. The highest BCUT2D eigenvalue weighted by Crippen LogP contribution is 2.06. The van der Waals surface area contributed by atoms with Crippen molar-refractivity contribution in [2.24, 2.45) is 0 Å². The van der Waals surface area contributed by atoms with Gasteiger partial charge in [0.2, 0.25) is 0 Å². The van der Waals surface area contributed by atoms with Crippen LogP contribution < -0.4 is 5.32 Å². The summed E-state index contributed by atoms with van der Waals surface area (Å²) in [4.78, 5) is 8.70. The van der Waals surface area contributed by atoms with E-state index in [0.29, 0.717) is 25.6 Å². The molecule has 1 aromatic rings. The fourth-order valence-electron chi connectivity index (χ4n) is 1.49. The third-order valence-electron chi connectivity index (χ3n) is 2.21. The molecule has 0 aliphatic heterocycles. The van der Waals surface area contributed by atoms with Gasteiger partial charge in [-0.05, 0) is 20.3 Å². The second-order valence-corrected chi connectivity index (χ2v) is 4.01. The molecule has 5 heteroatoms. The third kappa shape index (κ3) is 5.93. The predicted octanol–water partition coefficient (Wildman–Crippen LogP) is 2.16. The minimum Gasteiger partial charge on any atom is -0.379 e. The number of aryl methyl sites for hydroxylation is 1. The molecule has 0 atom stereocenters. The van der Waals surface area contributed by atoms with E-state index in [2.05, 4.69) is 22.2 Å². The van der Waals surface area contributed by atoms with Crippen molar-refractivity contribution in [1.82, 2.24) is 9.97 Å². The van der Waals surface area contributed by atoms with Gasteiger partial charge in [-0.1, -0.05) is 6.92 Å². The molecule has 0 spiro atoms. The number of hydrogen-bond donors (Lipinski definition) is 1. The van der Waals surface area contributed by atoms with Crippen LogP contribution in [0.2, 0.25) is 0 Å². The fraction of sp³-hybridized carbons (Fsp3) is 0.692. The van der Waals surface area contributed by atoms with E-state index in [1.54, 1.807) is 0 Å². The first-order valence-electron chi connectivity index (χ1n) is 6.50. The minimum atomic E-state index is 0.426. The molecule has 1 heterocycles. The summed E-state index contributed by atoms with van der Waals surface area (Å²) >= 11 is 0. The van der Waals surface area contributed by atoms with E-state index in [9.17, 15) is 0 Å².